The van der Waals surface area contributed by atoms with E-state index in [1.165, 1.54) is 5.56 Å². The molecule has 1 aromatic rings. The highest BCUT2D eigenvalue weighted by Gasteiger charge is 2.33. The van der Waals surface area contributed by atoms with E-state index in [9.17, 15) is 0 Å². The number of hydrogen-bond acceptors (Lipinski definition) is 4. The van der Waals surface area contributed by atoms with E-state index in [2.05, 4.69) is 11.3 Å². The Bertz CT molecular complexity index is 291. The van der Waals surface area contributed by atoms with Crippen molar-refractivity contribution in [3.63, 3.8) is 0 Å². The normalized spacial score (nSPS) is 11.5. The molecule has 0 saturated heterocycles. The molecule has 0 aliphatic heterocycles. The summed E-state index contributed by atoms with van der Waals surface area (Å²) in [5.74, 6) is 0.273. The van der Waals surface area contributed by atoms with Gasteiger partial charge in [0.1, 0.15) is 5.75 Å². The molecule has 0 radical (unpaired) electrons. The van der Waals surface area contributed by atoms with Gasteiger partial charge in [0.05, 0.1) is 0 Å². The minimum atomic E-state index is -4.44. The van der Waals surface area contributed by atoms with Crippen LogP contribution >= 0.6 is 0 Å². The second-order valence-electron chi connectivity index (χ2n) is 3.42. The SMILES string of the molecule is CCCCc1ccc(O[Si](O)(O)O)cc1. The predicted octanol–water partition coefficient (Wildman–Crippen LogP) is 0.820. The summed E-state index contributed by atoms with van der Waals surface area (Å²) in [7, 11) is -4.44. The number of aryl methyl sites for hydroxylation is 1. The van der Waals surface area contributed by atoms with Crippen LogP contribution in [0.15, 0.2) is 24.3 Å². The summed E-state index contributed by atoms with van der Waals surface area (Å²) in [6, 6.07) is 6.95. The molecule has 0 spiro atoms. The first-order chi connectivity index (χ1) is 7.01. The first-order valence-corrected chi connectivity index (χ1v) is 6.71. The van der Waals surface area contributed by atoms with Crippen molar-refractivity contribution in [2.24, 2.45) is 0 Å². The summed E-state index contributed by atoms with van der Waals surface area (Å²) in [5.41, 5.74) is 1.17. The van der Waals surface area contributed by atoms with Gasteiger partial charge in [0.15, 0.2) is 0 Å². The van der Waals surface area contributed by atoms with Gasteiger partial charge in [-0.25, -0.2) is 0 Å². The lowest BCUT2D eigenvalue weighted by Gasteiger charge is -2.11. The van der Waals surface area contributed by atoms with Gasteiger partial charge in [0.2, 0.25) is 0 Å². The Balaban J connectivity index is 2.56. The second kappa shape index (κ2) is 5.27. The van der Waals surface area contributed by atoms with E-state index in [4.69, 9.17) is 14.4 Å². The van der Waals surface area contributed by atoms with Crippen molar-refractivity contribution in [1.82, 2.24) is 0 Å². The summed E-state index contributed by atoms with van der Waals surface area (Å²) in [6.45, 7) is 2.13. The molecule has 15 heavy (non-hydrogen) atoms. The highest BCUT2D eigenvalue weighted by Crippen LogP contribution is 2.15. The Morgan fingerprint density at radius 3 is 2.20 bits per heavy atom. The van der Waals surface area contributed by atoms with Crippen LogP contribution in [-0.2, 0) is 6.42 Å². The van der Waals surface area contributed by atoms with E-state index < -0.39 is 9.05 Å². The third-order valence-electron chi connectivity index (χ3n) is 2.00. The molecular weight excluding hydrogens is 212 g/mol. The number of unbranched alkanes of at least 4 members (excludes halogenated alkanes) is 1. The Kier molecular flexibility index (Phi) is 4.28. The van der Waals surface area contributed by atoms with Crippen LogP contribution in [0, 0.1) is 0 Å². The maximum absolute atomic E-state index is 8.71. The Hall–Kier alpha value is -0.883. The lowest BCUT2D eigenvalue weighted by Crippen LogP contribution is -2.42. The van der Waals surface area contributed by atoms with Crippen LogP contribution in [0.2, 0.25) is 0 Å². The molecule has 0 bridgehead atoms. The summed E-state index contributed by atoms with van der Waals surface area (Å²) in [5, 5.41) is 0. The van der Waals surface area contributed by atoms with Crippen LogP contribution in [0.3, 0.4) is 0 Å². The van der Waals surface area contributed by atoms with Gasteiger partial charge in [-0.1, -0.05) is 25.5 Å². The van der Waals surface area contributed by atoms with Gasteiger partial charge in [-0.15, -0.1) is 0 Å². The molecular formula is C10H16O4Si. The predicted molar refractivity (Wildman–Crippen MR) is 58.1 cm³/mol. The van der Waals surface area contributed by atoms with Crippen LogP contribution in [0.4, 0.5) is 0 Å². The molecule has 5 heteroatoms. The molecule has 0 aliphatic carbocycles. The van der Waals surface area contributed by atoms with Gasteiger partial charge in [0.25, 0.3) is 0 Å². The Labute approximate surface area is 90.3 Å². The molecule has 0 unspecified atom stereocenters. The molecule has 0 heterocycles. The first kappa shape index (κ1) is 12.2. The molecule has 0 atom stereocenters. The fraction of sp³-hybridized carbons (Fsp3) is 0.400. The quantitative estimate of drug-likeness (QED) is 0.653. The van der Waals surface area contributed by atoms with Crippen LogP contribution in [-0.4, -0.2) is 23.4 Å². The van der Waals surface area contributed by atoms with E-state index in [1.54, 1.807) is 12.1 Å². The van der Waals surface area contributed by atoms with Gasteiger partial charge in [-0.3, -0.25) is 0 Å². The van der Waals surface area contributed by atoms with Gasteiger partial charge in [-0.2, -0.15) is 0 Å². The monoisotopic (exact) mass is 228 g/mol. The summed E-state index contributed by atoms with van der Waals surface area (Å²) in [6.07, 6.45) is 3.26. The van der Waals surface area contributed by atoms with Crippen molar-refractivity contribution in [2.75, 3.05) is 0 Å². The molecule has 0 saturated carbocycles. The van der Waals surface area contributed by atoms with Crippen molar-refractivity contribution in [3.05, 3.63) is 29.8 Å². The van der Waals surface area contributed by atoms with Gasteiger partial charge in [-0.05, 0) is 30.5 Å². The van der Waals surface area contributed by atoms with E-state index in [-0.39, 0.29) is 5.75 Å². The molecule has 1 rings (SSSR count). The zero-order valence-electron chi connectivity index (χ0n) is 8.68. The third-order valence-corrected chi connectivity index (χ3v) is 2.51. The zero-order chi connectivity index (χ0) is 11.3. The summed E-state index contributed by atoms with van der Waals surface area (Å²) >= 11 is 0. The number of benzene rings is 1. The zero-order valence-corrected chi connectivity index (χ0v) is 9.68. The Morgan fingerprint density at radius 1 is 1.13 bits per heavy atom. The molecule has 0 aromatic heterocycles. The molecule has 1 aromatic carbocycles. The topological polar surface area (TPSA) is 69.9 Å². The van der Waals surface area contributed by atoms with Gasteiger partial charge >= 0.3 is 9.05 Å². The first-order valence-electron chi connectivity index (χ1n) is 4.96. The average Bonchev–Trinajstić information content (AvgIpc) is 2.14. The van der Waals surface area contributed by atoms with Crippen molar-refractivity contribution in [2.45, 2.75) is 26.2 Å². The molecule has 3 N–H and O–H groups in total. The lowest BCUT2D eigenvalue weighted by atomic mass is 10.1. The van der Waals surface area contributed by atoms with E-state index in [0.717, 1.165) is 19.3 Å². The minimum Gasteiger partial charge on any atom is -0.480 e. The highest BCUT2D eigenvalue weighted by molar-refractivity contribution is 6.49. The van der Waals surface area contributed by atoms with Gasteiger partial charge in [0, 0.05) is 0 Å². The summed E-state index contributed by atoms with van der Waals surface area (Å²) in [4.78, 5) is 26.1. The number of rotatable bonds is 5. The number of hydrogen-bond donors (Lipinski definition) is 3. The van der Waals surface area contributed by atoms with E-state index >= 15 is 0 Å². The van der Waals surface area contributed by atoms with Crippen LogP contribution in [0.25, 0.3) is 0 Å². The van der Waals surface area contributed by atoms with Crippen molar-refractivity contribution >= 4 is 9.05 Å². The maximum atomic E-state index is 8.71. The summed E-state index contributed by atoms with van der Waals surface area (Å²) < 4.78 is 4.57. The molecule has 0 amide bonds. The highest BCUT2D eigenvalue weighted by atomic mass is 28.4. The fourth-order valence-corrected chi connectivity index (χ4v) is 1.72. The van der Waals surface area contributed by atoms with Crippen LogP contribution in [0.5, 0.6) is 5.75 Å². The minimum absolute atomic E-state index is 0.273. The van der Waals surface area contributed by atoms with Crippen LogP contribution in [0.1, 0.15) is 25.3 Å². The molecule has 84 valence electrons. The lowest BCUT2D eigenvalue weighted by molar-refractivity contribution is 0.128. The van der Waals surface area contributed by atoms with E-state index in [1.807, 2.05) is 12.1 Å². The van der Waals surface area contributed by atoms with Crippen molar-refractivity contribution < 1.29 is 18.8 Å². The van der Waals surface area contributed by atoms with Crippen molar-refractivity contribution in [3.8, 4) is 5.75 Å². The maximum Gasteiger partial charge on any atom is 0.741 e. The smallest absolute Gasteiger partial charge is 0.480 e. The third kappa shape index (κ3) is 4.94. The Morgan fingerprint density at radius 2 is 1.73 bits per heavy atom. The average molecular weight is 228 g/mol. The fourth-order valence-electron chi connectivity index (χ4n) is 1.26. The standard InChI is InChI=1S/C10H16O4Si/c1-2-3-4-9-5-7-10(8-6-9)14-15(11,12)13/h5-8,11-13H,2-4H2,1H3. The van der Waals surface area contributed by atoms with Crippen molar-refractivity contribution in [1.29, 1.82) is 0 Å². The van der Waals surface area contributed by atoms with Gasteiger partial charge < -0.3 is 18.8 Å². The van der Waals surface area contributed by atoms with E-state index in [0.29, 0.717) is 0 Å². The second-order valence-corrected chi connectivity index (χ2v) is 4.78. The van der Waals surface area contributed by atoms with Crippen LogP contribution < -0.4 is 4.43 Å². The molecule has 0 aliphatic rings. The molecule has 4 nitrogen and oxygen atoms in total. The largest absolute Gasteiger partial charge is 0.741 e. The molecule has 0 fully saturated rings.